The van der Waals surface area contributed by atoms with Gasteiger partial charge in [-0.15, -0.1) is 11.3 Å². The minimum absolute atomic E-state index is 0.452. The van der Waals surface area contributed by atoms with Crippen LogP contribution in [0.1, 0.15) is 29.6 Å². The molecule has 0 aliphatic carbocycles. The van der Waals surface area contributed by atoms with E-state index in [1.54, 1.807) is 11.3 Å². The molecule has 0 saturated carbocycles. The lowest BCUT2D eigenvalue weighted by molar-refractivity contribution is 0.302. The monoisotopic (exact) mass is 310 g/mol. The van der Waals surface area contributed by atoms with Crippen molar-refractivity contribution in [1.29, 1.82) is 0 Å². The summed E-state index contributed by atoms with van der Waals surface area (Å²) in [5, 5.41) is 7.10. The van der Waals surface area contributed by atoms with Crippen LogP contribution in [0, 0.1) is 6.92 Å². The van der Waals surface area contributed by atoms with Crippen LogP contribution in [0.4, 0.5) is 0 Å². The molecule has 0 atom stereocenters. The third kappa shape index (κ3) is 4.47. The van der Waals surface area contributed by atoms with Crippen LogP contribution in [0.3, 0.4) is 0 Å². The minimum Gasteiger partial charge on any atom is -0.486 e. The summed E-state index contributed by atoms with van der Waals surface area (Å²) in [7, 11) is 0. The number of hydrogen-bond donors (Lipinski definition) is 1. The van der Waals surface area contributed by atoms with E-state index in [0.29, 0.717) is 17.4 Å². The number of rotatable bonds is 7. The van der Waals surface area contributed by atoms with E-state index in [-0.39, 0.29) is 0 Å². The summed E-state index contributed by atoms with van der Waals surface area (Å²) in [6, 6.07) is 5.77. The Morgan fingerprint density at radius 1 is 1.40 bits per heavy atom. The number of aromatic nitrogens is 1. The zero-order valence-electron chi connectivity index (χ0n) is 11.8. The molecule has 0 unspecified atom stereocenters. The smallest absolute Gasteiger partial charge is 0.138 e. The van der Waals surface area contributed by atoms with Gasteiger partial charge in [0.05, 0.1) is 10.7 Å². The summed E-state index contributed by atoms with van der Waals surface area (Å²) >= 11 is 7.76. The molecular weight excluding hydrogens is 292 g/mol. The van der Waals surface area contributed by atoms with Gasteiger partial charge in [0.25, 0.3) is 0 Å². The van der Waals surface area contributed by atoms with E-state index >= 15 is 0 Å². The molecule has 0 amide bonds. The van der Waals surface area contributed by atoms with Crippen LogP contribution in [0.15, 0.2) is 23.6 Å². The number of benzene rings is 1. The van der Waals surface area contributed by atoms with Crippen LogP contribution in [0.2, 0.25) is 5.02 Å². The molecule has 0 bridgehead atoms. The second-order valence-corrected chi connectivity index (χ2v) is 5.98. The molecular formula is C15H19ClN2OS. The van der Waals surface area contributed by atoms with Gasteiger partial charge in [-0.25, -0.2) is 4.98 Å². The topological polar surface area (TPSA) is 34.2 Å². The maximum absolute atomic E-state index is 6.10. The zero-order valence-corrected chi connectivity index (χ0v) is 13.4. The molecule has 0 fully saturated rings. The van der Waals surface area contributed by atoms with E-state index in [0.717, 1.165) is 35.8 Å². The fraction of sp³-hybridized carbons (Fsp3) is 0.400. The van der Waals surface area contributed by atoms with Crippen LogP contribution in [-0.2, 0) is 13.2 Å². The number of aryl methyl sites for hydroxylation is 1. The molecule has 1 heterocycles. The van der Waals surface area contributed by atoms with Gasteiger partial charge in [0.15, 0.2) is 0 Å². The number of ether oxygens (including phenoxy) is 1. The molecule has 1 N–H and O–H groups in total. The van der Waals surface area contributed by atoms with Crippen LogP contribution in [0.25, 0.3) is 0 Å². The maximum Gasteiger partial charge on any atom is 0.138 e. The van der Waals surface area contributed by atoms with Crippen molar-refractivity contribution in [2.45, 2.75) is 33.4 Å². The highest BCUT2D eigenvalue weighted by molar-refractivity contribution is 7.09. The Morgan fingerprint density at radius 3 is 3.05 bits per heavy atom. The van der Waals surface area contributed by atoms with E-state index in [2.05, 4.69) is 17.2 Å². The number of nitrogens with one attached hydrogen (secondary N) is 1. The van der Waals surface area contributed by atoms with Crippen LogP contribution in [0.5, 0.6) is 5.75 Å². The van der Waals surface area contributed by atoms with E-state index in [9.17, 15) is 0 Å². The first kappa shape index (κ1) is 15.3. The van der Waals surface area contributed by atoms with E-state index < -0.39 is 0 Å². The van der Waals surface area contributed by atoms with Gasteiger partial charge in [-0.05, 0) is 37.6 Å². The Labute approximate surface area is 129 Å². The summed E-state index contributed by atoms with van der Waals surface area (Å²) in [6.45, 7) is 6.46. The van der Waals surface area contributed by atoms with E-state index in [4.69, 9.17) is 16.3 Å². The SMILES string of the molecule is CCCNCc1nc(COc2cc(C)ccc2Cl)cs1. The first-order chi connectivity index (χ1) is 9.69. The number of halogens is 1. The van der Waals surface area contributed by atoms with Gasteiger partial charge >= 0.3 is 0 Å². The zero-order chi connectivity index (χ0) is 14.4. The molecule has 1 aromatic carbocycles. The first-order valence-electron chi connectivity index (χ1n) is 6.72. The predicted molar refractivity (Wildman–Crippen MR) is 84.6 cm³/mol. The molecule has 0 spiro atoms. The standard InChI is InChI=1S/C15H19ClN2OS/c1-3-6-17-8-15-18-12(10-20-15)9-19-14-7-11(2)4-5-13(14)16/h4-5,7,10,17H,3,6,8-9H2,1-2H3. The Kier molecular flexibility index (Phi) is 5.83. The highest BCUT2D eigenvalue weighted by Crippen LogP contribution is 2.26. The number of hydrogen-bond acceptors (Lipinski definition) is 4. The molecule has 0 saturated heterocycles. The Morgan fingerprint density at radius 2 is 2.25 bits per heavy atom. The number of nitrogens with zero attached hydrogens (tertiary/aromatic N) is 1. The summed E-state index contributed by atoms with van der Waals surface area (Å²) < 4.78 is 5.73. The van der Waals surface area contributed by atoms with Gasteiger partial charge in [-0.1, -0.05) is 24.6 Å². The molecule has 2 rings (SSSR count). The van der Waals surface area contributed by atoms with Crippen molar-refractivity contribution in [3.05, 3.63) is 44.9 Å². The summed E-state index contributed by atoms with van der Waals surface area (Å²) in [5.41, 5.74) is 2.08. The Balaban J connectivity index is 1.89. The molecule has 3 nitrogen and oxygen atoms in total. The van der Waals surface area contributed by atoms with Crippen molar-refractivity contribution in [1.82, 2.24) is 10.3 Å². The van der Waals surface area contributed by atoms with E-state index in [1.807, 2.05) is 30.5 Å². The largest absolute Gasteiger partial charge is 0.486 e. The lowest BCUT2D eigenvalue weighted by atomic mass is 10.2. The third-order valence-electron chi connectivity index (χ3n) is 2.76. The molecule has 0 aliphatic rings. The fourth-order valence-electron chi connectivity index (χ4n) is 1.74. The quantitative estimate of drug-likeness (QED) is 0.779. The highest BCUT2D eigenvalue weighted by Gasteiger charge is 2.05. The maximum atomic E-state index is 6.10. The highest BCUT2D eigenvalue weighted by atomic mass is 35.5. The van der Waals surface area contributed by atoms with Gasteiger partial charge in [0.2, 0.25) is 0 Å². The lowest BCUT2D eigenvalue weighted by Crippen LogP contribution is -2.13. The molecule has 0 radical (unpaired) electrons. The average Bonchev–Trinajstić information content (AvgIpc) is 2.88. The average molecular weight is 311 g/mol. The third-order valence-corrected chi connectivity index (χ3v) is 3.97. The summed E-state index contributed by atoms with van der Waals surface area (Å²) in [4.78, 5) is 4.54. The summed E-state index contributed by atoms with van der Waals surface area (Å²) in [5.74, 6) is 0.713. The van der Waals surface area contributed by atoms with Gasteiger partial charge < -0.3 is 10.1 Å². The van der Waals surface area contributed by atoms with Gasteiger partial charge in [-0.2, -0.15) is 0 Å². The van der Waals surface area contributed by atoms with E-state index in [1.165, 1.54) is 0 Å². The Hall–Kier alpha value is -1.10. The van der Waals surface area contributed by atoms with Crippen LogP contribution in [-0.4, -0.2) is 11.5 Å². The minimum atomic E-state index is 0.452. The van der Waals surface area contributed by atoms with Gasteiger partial charge in [0.1, 0.15) is 17.4 Å². The predicted octanol–water partition coefficient (Wildman–Crippen LogP) is 4.18. The normalized spacial score (nSPS) is 10.8. The van der Waals surface area contributed by atoms with Gasteiger partial charge in [-0.3, -0.25) is 0 Å². The van der Waals surface area contributed by atoms with Crippen LogP contribution < -0.4 is 10.1 Å². The second kappa shape index (κ2) is 7.62. The van der Waals surface area contributed by atoms with Crippen molar-refractivity contribution >= 4 is 22.9 Å². The molecule has 5 heteroatoms. The van der Waals surface area contributed by atoms with Gasteiger partial charge in [0, 0.05) is 11.9 Å². The van der Waals surface area contributed by atoms with Crippen LogP contribution >= 0.6 is 22.9 Å². The molecule has 0 aliphatic heterocycles. The van der Waals surface area contributed by atoms with Crippen molar-refractivity contribution in [3.63, 3.8) is 0 Å². The van der Waals surface area contributed by atoms with Crippen molar-refractivity contribution in [2.75, 3.05) is 6.54 Å². The van der Waals surface area contributed by atoms with Crippen molar-refractivity contribution < 1.29 is 4.74 Å². The Bertz CT molecular complexity index is 557. The molecule has 108 valence electrons. The summed E-state index contributed by atoms with van der Waals surface area (Å²) in [6.07, 6.45) is 1.13. The van der Waals surface area contributed by atoms with Crippen molar-refractivity contribution in [3.8, 4) is 5.75 Å². The lowest BCUT2D eigenvalue weighted by Gasteiger charge is -2.07. The van der Waals surface area contributed by atoms with Crippen molar-refractivity contribution in [2.24, 2.45) is 0 Å². The molecule has 1 aromatic heterocycles. The molecule has 20 heavy (non-hydrogen) atoms. The second-order valence-electron chi connectivity index (χ2n) is 4.63. The fourth-order valence-corrected chi connectivity index (χ4v) is 2.66. The first-order valence-corrected chi connectivity index (χ1v) is 7.97. The number of thiazole rings is 1. The molecule has 2 aromatic rings.